The van der Waals surface area contributed by atoms with Gasteiger partial charge in [-0.3, -0.25) is 19.5 Å². The molecular weight excluding hydrogens is 272 g/mol. The molecule has 0 fully saturated rings. The van der Waals surface area contributed by atoms with Crippen molar-refractivity contribution in [2.75, 3.05) is 19.3 Å². The number of rotatable bonds is 4. The number of hydrogen-bond donors (Lipinski definition) is 0. The Morgan fingerprint density at radius 1 is 1.20 bits per heavy atom. The molecule has 0 bridgehead atoms. The van der Waals surface area contributed by atoms with Gasteiger partial charge in [-0.15, -0.1) is 17.7 Å². The number of aliphatic imine (C=N–C) groups is 1. The molecular formula is C15H14N2O2S. The molecule has 2 amide bonds. The molecule has 0 aromatic heterocycles. The number of nitrogens with zero attached hydrogens (tertiary/aromatic N) is 2. The van der Waals surface area contributed by atoms with Gasteiger partial charge >= 0.3 is 0 Å². The van der Waals surface area contributed by atoms with E-state index >= 15 is 0 Å². The van der Waals surface area contributed by atoms with E-state index in [0.717, 1.165) is 5.75 Å². The lowest BCUT2D eigenvalue weighted by Crippen LogP contribution is -2.29. The van der Waals surface area contributed by atoms with Crippen molar-refractivity contribution in [3.05, 3.63) is 35.4 Å². The van der Waals surface area contributed by atoms with Crippen LogP contribution in [0.4, 0.5) is 0 Å². The fourth-order valence-corrected chi connectivity index (χ4v) is 2.32. The first-order valence-electron chi connectivity index (χ1n) is 6.19. The molecule has 0 spiro atoms. The smallest absolute Gasteiger partial charge is 0.262 e. The Balaban J connectivity index is 1.91. The van der Waals surface area contributed by atoms with E-state index in [9.17, 15) is 9.59 Å². The second-order valence-corrected chi connectivity index (χ2v) is 5.03. The van der Waals surface area contributed by atoms with Crippen molar-refractivity contribution < 1.29 is 9.59 Å². The van der Waals surface area contributed by atoms with Gasteiger partial charge in [-0.2, -0.15) is 0 Å². The number of carbonyl (C=O) groups is 2. The van der Waals surface area contributed by atoms with Crippen LogP contribution in [0.3, 0.4) is 0 Å². The largest absolute Gasteiger partial charge is 0.290 e. The summed E-state index contributed by atoms with van der Waals surface area (Å²) in [6.07, 6.45) is 0.708. The quantitative estimate of drug-likeness (QED) is 0.280. The minimum Gasteiger partial charge on any atom is -0.290 e. The molecule has 0 saturated heterocycles. The third-order valence-corrected chi connectivity index (χ3v) is 3.56. The van der Waals surface area contributed by atoms with Crippen molar-refractivity contribution in [1.29, 1.82) is 0 Å². The molecule has 1 aromatic carbocycles. The SMILES string of the molecule is CN=CSCCC#CCN1C(=O)c2ccccc2C1=O. The van der Waals surface area contributed by atoms with Crippen LogP contribution in [-0.4, -0.2) is 41.6 Å². The van der Waals surface area contributed by atoms with Crippen LogP contribution in [0.1, 0.15) is 27.1 Å². The summed E-state index contributed by atoms with van der Waals surface area (Å²) < 4.78 is 0. The molecule has 5 heteroatoms. The van der Waals surface area contributed by atoms with Crippen LogP contribution in [0.25, 0.3) is 0 Å². The number of fused-ring (bicyclic) bond motifs is 1. The van der Waals surface area contributed by atoms with Gasteiger partial charge in [0.05, 0.1) is 23.2 Å². The monoisotopic (exact) mass is 286 g/mol. The van der Waals surface area contributed by atoms with Crippen molar-refractivity contribution in [2.24, 2.45) is 4.99 Å². The van der Waals surface area contributed by atoms with Crippen LogP contribution in [0, 0.1) is 11.8 Å². The molecule has 0 unspecified atom stereocenters. The fourth-order valence-electron chi connectivity index (χ4n) is 1.84. The summed E-state index contributed by atoms with van der Waals surface area (Å²) in [6.45, 7) is 0.152. The van der Waals surface area contributed by atoms with Crippen LogP contribution in [0.2, 0.25) is 0 Å². The van der Waals surface area contributed by atoms with E-state index in [1.807, 2.05) is 0 Å². The van der Waals surface area contributed by atoms with Crippen molar-refractivity contribution in [3.63, 3.8) is 0 Å². The third-order valence-electron chi connectivity index (χ3n) is 2.77. The fraction of sp³-hybridized carbons (Fsp3) is 0.267. The normalized spacial score (nSPS) is 13.6. The van der Waals surface area contributed by atoms with Crippen LogP contribution >= 0.6 is 11.8 Å². The lowest BCUT2D eigenvalue weighted by atomic mass is 10.1. The molecule has 2 rings (SSSR count). The number of benzene rings is 1. The van der Waals surface area contributed by atoms with Gasteiger partial charge in [-0.25, -0.2) is 0 Å². The molecule has 1 aliphatic rings. The van der Waals surface area contributed by atoms with Crippen molar-refractivity contribution in [2.45, 2.75) is 6.42 Å². The van der Waals surface area contributed by atoms with Crippen molar-refractivity contribution >= 4 is 29.1 Å². The molecule has 1 aromatic rings. The highest BCUT2D eigenvalue weighted by atomic mass is 32.2. The number of thioether (sulfide) groups is 1. The first kappa shape index (κ1) is 14.4. The van der Waals surface area contributed by atoms with Crippen LogP contribution < -0.4 is 0 Å². The zero-order chi connectivity index (χ0) is 14.4. The minimum absolute atomic E-state index is 0.152. The van der Waals surface area contributed by atoms with Gasteiger partial charge in [0.25, 0.3) is 11.8 Å². The van der Waals surface area contributed by atoms with Crippen LogP contribution in [0.5, 0.6) is 0 Å². The van der Waals surface area contributed by atoms with E-state index in [4.69, 9.17) is 0 Å². The summed E-state index contributed by atoms with van der Waals surface area (Å²) in [7, 11) is 1.72. The number of amides is 2. The lowest BCUT2D eigenvalue weighted by molar-refractivity contribution is 0.0675. The summed E-state index contributed by atoms with van der Waals surface area (Å²) >= 11 is 1.59. The third kappa shape index (κ3) is 3.09. The summed E-state index contributed by atoms with van der Waals surface area (Å²) in [5.41, 5.74) is 2.70. The van der Waals surface area contributed by atoms with E-state index in [1.165, 1.54) is 4.90 Å². The molecule has 1 aliphatic heterocycles. The zero-order valence-corrected chi connectivity index (χ0v) is 11.9. The highest BCUT2D eigenvalue weighted by Crippen LogP contribution is 2.21. The minimum atomic E-state index is -0.257. The van der Waals surface area contributed by atoms with E-state index in [0.29, 0.717) is 17.5 Å². The van der Waals surface area contributed by atoms with E-state index in [-0.39, 0.29) is 18.4 Å². The average Bonchev–Trinajstić information content (AvgIpc) is 2.71. The Labute approximate surface area is 122 Å². The van der Waals surface area contributed by atoms with Gasteiger partial charge in [0.15, 0.2) is 0 Å². The predicted molar refractivity (Wildman–Crippen MR) is 81.1 cm³/mol. The van der Waals surface area contributed by atoms with Crippen molar-refractivity contribution in [3.8, 4) is 11.8 Å². The number of imide groups is 1. The van der Waals surface area contributed by atoms with E-state index < -0.39 is 0 Å². The molecule has 1 heterocycles. The summed E-state index contributed by atoms with van der Waals surface area (Å²) in [5, 5.41) is 0. The number of hydrogen-bond acceptors (Lipinski definition) is 4. The van der Waals surface area contributed by atoms with Gasteiger partial charge in [-0.1, -0.05) is 18.1 Å². The Hall–Kier alpha value is -2.06. The molecule has 0 atom stereocenters. The molecule has 0 aliphatic carbocycles. The second-order valence-electron chi connectivity index (χ2n) is 4.08. The van der Waals surface area contributed by atoms with Crippen LogP contribution in [0.15, 0.2) is 29.3 Å². The molecule has 0 radical (unpaired) electrons. The standard InChI is InChI=1S/C15H14N2O2S/c1-16-11-20-10-6-2-5-9-17-14(18)12-7-3-4-8-13(12)15(17)19/h3-4,7-8,11H,6,9-10H2,1H3. The Kier molecular flexibility index (Phi) is 4.97. The maximum absolute atomic E-state index is 12.0. The van der Waals surface area contributed by atoms with E-state index in [1.54, 1.807) is 48.6 Å². The second kappa shape index (κ2) is 6.92. The highest BCUT2D eigenvalue weighted by molar-refractivity contribution is 8.12. The van der Waals surface area contributed by atoms with Gasteiger partial charge in [0, 0.05) is 19.2 Å². The molecule has 4 nitrogen and oxygen atoms in total. The van der Waals surface area contributed by atoms with Gasteiger partial charge in [0.1, 0.15) is 0 Å². The Morgan fingerprint density at radius 2 is 1.85 bits per heavy atom. The molecule has 20 heavy (non-hydrogen) atoms. The highest BCUT2D eigenvalue weighted by Gasteiger charge is 2.34. The van der Waals surface area contributed by atoms with Gasteiger partial charge in [-0.05, 0) is 12.1 Å². The maximum atomic E-state index is 12.0. The summed E-state index contributed by atoms with van der Waals surface area (Å²) in [6, 6.07) is 6.85. The first-order valence-corrected chi connectivity index (χ1v) is 7.23. The Morgan fingerprint density at radius 3 is 2.45 bits per heavy atom. The average molecular weight is 286 g/mol. The maximum Gasteiger partial charge on any atom is 0.262 e. The molecule has 0 saturated carbocycles. The van der Waals surface area contributed by atoms with Gasteiger partial charge < -0.3 is 0 Å². The molecule has 0 N–H and O–H groups in total. The predicted octanol–water partition coefficient (Wildman–Crippen LogP) is 2.07. The first-order chi connectivity index (χ1) is 9.75. The topological polar surface area (TPSA) is 49.7 Å². The number of carbonyl (C=O) groups excluding carboxylic acids is 2. The van der Waals surface area contributed by atoms with Crippen LogP contribution in [-0.2, 0) is 0 Å². The lowest BCUT2D eigenvalue weighted by Gasteiger charge is -2.08. The summed E-state index contributed by atoms with van der Waals surface area (Å²) in [5.74, 6) is 6.18. The molecule has 102 valence electrons. The van der Waals surface area contributed by atoms with Crippen molar-refractivity contribution in [1.82, 2.24) is 4.90 Å². The Bertz CT molecular complexity index is 579. The zero-order valence-electron chi connectivity index (χ0n) is 11.1. The van der Waals surface area contributed by atoms with E-state index in [2.05, 4.69) is 16.8 Å². The van der Waals surface area contributed by atoms with Gasteiger partial charge in [0.2, 0.25) is 0 Å². The summed E-state index contributed by atoms with van der Waals surface area (Å²) in [4.78, 5) is 29.1.